The van der Waals surface area contributed by atoms with Crippen LogP contribution in [-0.2, 0) is 0 Å². The zero-order valence-corrected chi connectivity index (χ0v) is 9.17. The highest BCUT2D eigenvalue weighted by Crippen LogP contribution is 2.30. The van der Waals surface area contributed by atoms with Crippen molar-refractivity contribution < 1.29 is 0 Å². The normalized spacial score (nSPS) is 23.4. The Balaban J connectivity index is 2.77. The van der Waals surface area contributed by atoms with Crippen LogP contribution >= 0.6 is 0 Å². The molecule has 13 heavy (non-hydrogen) atoms. The maximum absolute atomic E-state index is 5.88. The average molecular weight is 179 g/mol. The summed E-state index contributed by atoms with van der Waals surface area (Å²) in [4.78, 5) is 0. The van der Waals surface area contributed by atoms with E-state index < -0.39 is 0 Å². The molecule has 1 atom stereocenters. The van der Waals surface area contributed by atoms with Crippen molar-refractivity contribution in [2.75, 3.05) is 0 Å². The largest absolute Gasteiger partial charge is 0.399 e. The summed E-state index contributed by atoms with van der Waals surface area (Å²) in [5.41, 5.74) is 8.33. The van der Waals surface area contributed by atoms with Crippen molar-refractivity contribution in [3.05, 3.63) is 23.4 Å². The van der Waals surface area contributed by atoms with Gasteiger partial charge in [-0.25, -0.2) is 0 Å². The highest BCUT2D eigenvalue weighted by Gasteiger charge is 2.18. The lowest BCUT2D eigenvalue weighted by Crippen LogP contribution is -2.16. The predicted octanol–water partition coefficient (Wildman–Crippen LogP) is 3.09. The zero-order valence-electron chi connectivity index (χ0n) is 9.17. The Bertz CT molecular complexity index is 234. The first kappa shape index (κ1) is 10.4. The second-order valence-electron chi connectivity index (χ2n) is 4.65. The molecule has 74 valence electrons. The summed E-state index contributed by atoms with van der Waals surface area (Å²) in [5.74, 6) is 1.97. The van der Waals surface area contributed by atoms with Gasteiger partial charge in [-0.15, -0.1) is 0 Å². The lowest BCUT2D eigenvalue weighted by atomic mass is 9.81. The van der Waals surface area contributed by atoms with Gasteiger partial charge in [-0.3, -0.25) is 0 Å². The quantitative estimate of drug-likeness (QED) is 0.692. The minimum absolute atomic E-state index is 0.633. The topological polar surface area (TPSA) is 26.0 Å². The van der Waals surface area contributed by atoms with Crippen LogP contribution in [0.5, 0.6) is 0 Å². The van der Waals surface area contributed by atoms with Gasteiger partial charge in [0, 0.05) is 5.70 Å². The number of allylic oxidation sites excluding steroid dienone is 3. The molecule has 1 rings (SSSR count). The smallest absolute Gasteiger partial charge is 0.0276 e. The molecule has 0 aromatic carbocycles. The van der Waals surface area contributed by atoms with E-state index >= 15 is 0 Å². The third-order valence-electron chi connectivity index (χ3n) is 2.83. The van der Waals surface area contributed by atoms with Gasteiger partial charge in [0.25, 0.3) is 0 Å². The zero-order chi connectivity index (χ0) is 10.0. The summed E-state index contributed by atoms with van der Waals surface area (Å²) in [7, 11) is 0. The first-order chi connectivity index (χ1) is 6.00. The number of hydrogen-bond donors (Lipinski definition) is 1. The summed E-state index contributed by atoms with van der Waals surface area (Å²) in [6.07, 6.45) is 5.54. The van der Waals surface area contributed by atoms with Crippen molar-refractivity contribution in [2.45, 2.75) is 34.1 Å². The van der Waals surface area contributed by atoms with Crippen LogP contribution in [0.1, 0.15) is 34.1 Å². The van der Waals surface area contributed by atoms with E-state index in [1.54, 1.807) is 0 Å². The lowest BCUT2D eigenvalue weighted by Gasteiger charge is -2.25. The van der Waals surface area contributed by atoms with E-state index in [9.17, 15) is 0 Å². The van der Waals surface area contributed by atoms with Gasteiger partial charge >= 0.3 is 0 Å². The molecule has 1 aliphatic rings. The molecule has 1 heteroatoms. The molecule has 0 spiro atoms. The first-order valence-corrected chi connectivity index (χ1v) is 5.18. The standard InChI is InChI=1S/C12H21N/c1-8(2)10-5-11(9(3)4)7-12(13)6-10/h6-10H,5,13H2,1-4H3. The highest BCUT2D eigenvalue weighted by atomic mass is 14.6. The van der Waals surface area contributed by atoms with Crippen LogP contribution in [-0.4, -0.2) is 0 Å². The van der Waals surface area contributed by atoms with Crippen molar-refractivity contribution in [3.63, 3.8) is 0 Å². The first-order valence-electron chi connectivity index (χ1n) is 5.18. The summed E-state index contributed by atoms with van der Waals surface area (Å²) >= 11 is 0. The second kappa shape index (κ2) is 3.99. The molecule has 0 bridgehead atoms. The van der Waals surface area contributed by atoms with E-state index in [0.717, 1.165) is 5.70 Å². The van der Waals surface area contributed by atoms with E-state index in [0.29, 0.717) is 17.8 Å². The molecular formula is C12H21N. The monoisotopic (exact) mass is 179 g/mol. The molecule has 0 aromatic rings. The molecule has 0 saturated carbocycles. The molecule has 0 fully saturated rings. The van der Waals surface area contributed by atoms with E-state index in [-0.39, 0.29) is 0 Å². The fourth-order valence-electron chi connectivity index (χ4n) is 1.73. The van der Waals surface area contributed by atoms with Crippen molar-refractivity contribution in [2.24, 2.45) is 23.5 Å². The van der Waals surface area contributed by atoms with Crippen molar-refractivity contribution in [1.29, 1.82) is 0 Å². The summed E-state index contributed by atoms with van der Waals surface area (Å²) in [6.45, 7) is 9.00. The van der Waals surface area contributed by atoms with Crippen LogP contribution in [0.15, 0.2) is 23.4 Å². The summed E-state index contributed by atoms with van der Waals surface area (Å²) < 4.78 is 0. The molecule has 0 saturated heterocycles. The Morgan fingerprint density at radius 2 is 1.92 bits per heavy atom. The van der Waals surface area contributed by atoms with Gasteiger partial charge in [0.05, 0.1) is 0 Å². The molecule has 0 amide bonds. The minimum Gasteiger partial charge on any atom is -0.399 e. The third-order valence-corrected chi connectivity index (χ3v) is 2.83. The summed E-state index contributed by atoms with van der Waals surface area (Å²) in [6, 6.07) is 0. The molecule has 0 radical (unpaired) electrons. The van der Waals surface area contributed by atoms with Gasteiger partial charge in [0.2, 0.25) is 0 Å². The molecule has 1 unspecified atom stereocenters. The van der Waals surface area contributed by atoms with E-state index in [1.807, 2.05) is 0 Å². The molecule has 0 heterocycles. The molecular weight excluding hydrogens is 158 g/mol. The van der Waals surface area contributed by atoms with Crippen LogP contribution in [0.25, 0.3) is 0 Å². The SMILES string of the molecule is CC(C)C1=CC(N)=CC(C(C)C)C1. The minimum atomic E-state index is 0.633. The molecule has 1 nitrogen and oxygen atoms in total. The fraction of sp³-hybridized carbons (Fsp3) is 0.667. The highest BCUT2D eigenvalue weighted by molar-refractivity contribution is 5.28. The maximum atomic E-state index is 5.88. The second-order valence-corrected chi connectivity index (χ2v) is 4.65. The van der Waals surface area contributed by atoms with Crippen LogP contribution in [0.4, 0.5) is 0 Å². The fourth-order valence-corrected chi connectivity index (χ4v) is 1.73. The maximum Gasteiger partial charge on any atom is 0.0276 e. The van der Waals surface area contributed by atoms with Gasteiger partial charge in [0.1, 0.15) is 0 Å². The Kier molecular flexibility index (Phi) is 3.18. The van der Waals surface area contributed by atoms with Gasteiger partial charge in [-0.1, -0.05) is 39.3 Å². The predicted molar refractivity (Wildman–Crippen MR) is 58.1 cm³/mol. The molecule has 1 aliphatic carbocycles. The van der Waals surface area contributed by atoms with E-state index in [4.69, 9.17) is 5.73 Å². The van der Waals surface area contributed by atoms with Gasteiger partial charge in [-0.05, 0) is 30.3 Å². The molecule has 0 aliphatic heterocycles. The summed E-state index contributed by atoms with van der Waals surface area (Å²) in [5, 5.41) is 0. The van der Waals surface area contributed by atoms with Crippen molar-refractivity contribution in [1.82, 2.24) is 0 Å². The van der Waals surface area contributed by atoms with Crippen LogP contribution < -0.4 is 5.73 Å². The number of hydrogen-bond acceptors (Lipinski definition) is 1. The van der Waals surface area contributed by atoms with E-state index in [1.165, 1.54) is 12.0 Å². The Labute approximate surface area is 81.7 Å². The lowest BCUT2D eigenvalue weighted by molar-refractivity contribution is 0.440. The van der Waals surface area contributed by atoms with Gasteiger partial charge < -0.3 is 5.73 Å². The Morgan fingerprint density at radius 1 is 1.31 bits per heavy atom. The average Bonchev–Trinajstić information content (AvgIpc) is 2.03. The van der Waals surface area contributed by atoms with Crippen LogP contribution in [0, 0.1) is 17.8 Å². The Hall–Kier alpha value is -0.720. The van der Waals surface area contributed by atoms with Crippen LogP contribution in [0.3, 0.4) is 0 Å². The Morgan fingerprint density at radius 3 is 2.38 bits per heavy atom. The van der Waals surface area contributed by atoms with E-state index in [2.05, 4.69) is 39.8 Å². The van der Waals surface area contributed by atoms with Crippen molar-refractivity contribution in [3.8, 4) is 0 Å². The van der Waals surface area contributed by atoms with Gasteiger partial charge in [0.15, 0.2) is 0 Å². The van der Waals surface area contributed by atoms with Gasteiger partial charge in [-0.2, -0.15) is 0 Å². The molecule has 0 aromatic heterocycles. The third kappa shape index (κ3) is 2.61. The van der Waals surface area contributed by atoms with Crippen LogP contribution in [0.2, 0.25) is 0 Å². The number of rotatable bonds is 2. The van der Waals surface area contributed by atoms with Crippen molar-refractivity contribution >= 4 is 0 Å². The number of nitrogens with two attached hydrogens (primary N) is 1. The molecule has 2 N–H and O–H groups in total.